The maximum absolute atomic E-state index is 4.04. The summed E-state index contributed by atoms with van der Waals surface area (Å²) in [4.78, 5) is 0. The van der Waals surface area contributed by atoms with Crippen LogP contribution in [-0.4, -0.2) is 0 Å². The molecule has 0 aromatic heterocycles. The lowest BCUT2D eigenvalue weighted by Crippen LogP contribution is -2.21. The quantitative estimate of drug-likeness (QED) is 0.517. The highest BCUT2D eigenvalue weighted by Gasteiger charge is 2.26. The highest BCUT2D eigenvalue weighted by molar-refractivity contribution is 4.96. The van der Waals surface area contributed by atoms with Gasteiger partial charge in [0.1, 0.15) is 0 Å². The zero-order valence-corrected chi connectivity index (χ0v) is 10.1. The van der Waals surface area contributed by atoms with Crippen LogP contribution in [0.5, 0.6) is 0 Å². The number of allylic oxidation sites excluding steroid dienone is 1. The highest BCUT2D eigenvalue weighted by atomic mass is 14.3. The van der Waals surface area contributed by atoms with Gasteiger partial charge in [0.2, 0.25) is 0 Å². The van der Waals surface area contributed by atoms with Gasteiger partial charge in [0, 0.05) is 0 Å². The van der Waals surface area contributed by atoms with Crippen molar-refractivity contribution in [3.8, 4) is 0 Å². The highest BCUT2D eigenvalue weighted by Crippen LogP contribution is 2.38. The smallest absolute Gasteiger partial charge is 0.0232 e. The molecule has 1 atom stereocenters. The van der Waals surface area contributed by atoms with E-state index in [1.807, 2.05) is 0 Å². The number of rotatable bonds is 6. The van der Waals surface area contributed by atoms with E-state index >= 15 is 0 Å². The molecule has 0 aromatic carbocycles. The second-order valence-electron chi connectivity index (χ2n) is 4.51. The Morgan fingerprint density at radius 2 is 1.54 bits per heavy atom. The Labute approximate surface area is 84.4 Å². The summed E-state index contributed by atoms with van der Waals surface area (Å²) in [6.07, 6.45) is 5.22. The Bertz CT molecular complexity index is 143. The summed E-state index contributed by atoms with van der Waals surface area (Å²) in [5.74, 6) is 0.680. The van der Waals surface area contributed by atoms with Gasteiger partial charge in [-0.1, -0.05) is 59.1 Å². The first kappa shape index (κ1) is 12.7. The third-order valence-electron chi connectivity index (χ3n) is 3.83. The molecule has 0 amide bonds. The molecule has 0 bridgehead atoms. The molecule has 0 saturated heterocycles. The molecule has 78 valence electrons. The van der Waals surface area contributed by atoms with Gasteiger partial charge in [-0.2, -0.15) is 0 Å². The molecule has 0 fully saturated rings. The fraction of sp³-hybridized carbons (Fsp3) is 0.846. The van der Waals surface area contributed by atoms with Crippen LogP contribution in [0, 0.1) is 11.3 Å². The van der Waals surface area contributed by atoms with E-state index in [0.29, 0.717) is 11.3 Å². The minimum absolute atomic E-state index is 0.568. The van der Waals surface area contributed by atoms with Crippen LogP contribution in [0.15, 0.2) is 12.2 Å². The lowest BCUT2D eigenvalue weighted by atomic mass is 9.72. The van der Waals surface area contributed by atoms with Gasteiger partial charge in [-0.15, -0.1) is 0 Å². The standard InChI is InChI=1S/C13H26/c1-7-13(8-2,9-3)10-12(6)11(4)5/h12H,4,7-10H2,1-3,5-6H3. The van der Waals surface area contributed by atoms with Crippen molar-refractivity contribution in [2.75, 3.05) is 0 Å². The van der Waals surface area contributed by atoms with Crippen molar-refractivity contribution in [1.29, 1.82) is 0 Å². The second-order valence-corrected chi connectivity index (χ2v) is 4.51. The van der Waals surface area contributed by atoms with Crippen LogP contribution in [-0.2, 0) is 0 Å². The summed E-state index contributed by atoms with van der Waals surface area (Å²) >= 11 is 0. The summed E-state index contributed by atoms with van der Waals surface area (Å²) < 4.78 is 0. The molecule has 1 unspecified atom stereocenters. The summed E-state index contributed by atoms with van der Waals surface area (Å²) in [5, 5.41) is 0. The minimum Gasteiger partial charge on any atom is -0.0999 e. The van der Waals surface area contributed by atoms with Crippen molar-refractivity contribution in [2.45, 2.75) is 60.3 Å². The largest absolute Gasteiger partial charge is 0.0999 e. The third kappa shape index (κ3) is 3.54. The molecule has 0 spiro atoms. The van der Waals surface area contributed by atoms with E-state index in [0.717, 1.165) is 0 Å². The summed E-state index contributed by atoms with van der Waals surface area (Å²) in [7, 11) is 0. The van der Waals surface area contributed by atoms with Crippen LogP contribution in [0.2, 0.25) is 0 Å². The minimum atomic E-state index is 0.568. The van der Waals surface area contributed by atoms with Crippen LogP contribution < -0.4 is 0 Å². The molecule has 0 aliphatic carbocycles. The molecule has 0 aliphatic heterocycles. The van der Waals surface area contributed by atoms with Crippen LogP contribution in [0.4, 0.5) is 0 Å². The molecule has 0 nitrogen and oxygen atoms in total. The molecular formula is C13H26. The Hall–Kier alpha value is -0.260. The maximum atomic E-state index is 4.04. The molecule has 0 heterocycles. The fourth-order valence-electron chi connectivity index (χ4n) is 2.01. The van der Waals surface area contributed by atoms with Crippen LogP contribution in [0.25, 0.3) is 0 Å². The average molecular weight is 182 g/mol. The zero-order chi connectivity index (χ0) is 10.5. The Kier molecular flexibility index (Phi) is 5.36. The van der Waals surface area contributed by atoms with Crippen molar-refractivity contribution in [2.24, 2.45) is 11.3 Å². The van der Waals surface area contributed by atoms with E-state index < -0.39 is 0 Å². The van der Waals surface area contributed by atoms with Crippen molar-refractivity contribution in [1.82, 2.24) is 0 Å². The molecule has 0 radical (unpaired) electrons. The lowest BCUT2D eigenvalue weighted by Gasteiger charge is -2.33. The van der Waals surface area contributed by atoms with Gasteiger partial charge < -0.3 is 0 Å². The molecule has 0 aliphatic rings. The molecule has 13 heavy (non-hydrogen) atoms. The van der Waals surface area contributed by atoms with E-state index in [9.17, 15) is 0 Å². The topological polar surface area (TPSA) is 0 Å². The van der Waals surface area contributed by atoms with Crippen LogP contribution >= 0.6 is 0 Å². The molecule has 0 aromatic rings. The van der Waals surface area contributed by atoms with Gasteiger partial charge in [0.25, 0.3) is 0 Å². The normalized spacial score (nSPS) is 14.2. The summed E-state index contributed by atoms with van der Waals surface area (Å²) in [6.45, 7) is 15.4. The average Bonchev–Trinajstić information content (AvgIpc) is 2.14. The SMILES string of the molecule is C=C(C)C(C)CC(CC)(CC)CC. The van der Waals surface area contributed by atoms with E-state index in [1.165, 1.54) is 31.3 Å². The molecule has 0 rings (SSSR count). The first-order valence-corrected chi connectivity index (χ1v) is 5.66. The van der Waals surface area contributed by atoms with Gasteiger partial charge in [-0.3, -0.25) is 0 Å². The van der Waals surface area contributed by atoms with Gasteiger partial charge >= 0.3 is 0 Å². The predicted molar refractivity (Wildman–Crippen MR) is 61.9 cm³/mol. The molecule has 0 saturated carbocycles. The fourth-order valence-corrected chi connectivity index (χ4v) is 2.01. The second kappa shape index (κ2) is 5.47. The molecule has 0 heteroatoms. The number of hydrogen-bond donors (Lipinski definition) is 0. The number of hydrogen-bond acceptors (Lipinski definition) is 0. The van der Waals surface area contributed by atoms with Crippen LogP contribution in [0.1, 0.15) is 60.3 Å². The van der Waals surface area contributed by atoms with Crippen LogP contribution in [0.3, 0.4) is 0 Å². The molecular weight excluding hydrogens is 156 g/mol. The van der Waals surface area contributed by atoms with Gasteiger partial charge in [0.15, 0.2) is 0 Å². The van der Waals surface area contributed by atoms with Crippen molar-refractivity contribution >= 4 is 0 Å². The third-order valence-corrected chi connectivity index (χ3v) is 3.83. The predicted octanol–water partition coefficient (Wildman–Crippen LogP) is 4.81. The van der Waals surface area contributed by atoms with E-state index in [4.69, 9.17) is 0 Å². The monoisotopic (exact) mass is 182 g/mol. The van der Waals surface area contributed by atoms with E-state index in [2.05, 4.69) is 41.2 Å². The van der Waals surface area contributed by atoms with Gasteiger partial charge in [0.05, 0.1) is 0 Å². The maximum Gasteiger partial charge on any atom is -0.0232 e. The van der Waals surface area contributed by atoms with E-state index in [-0.39, 0.29) is 0 Å². The van der Waals surface area contributed by atoms with Crippen molar-refractivity contribution in [3.63, 3.8) is 0 Å². The van der Waals surface area contributed by atoms with Crippen molar-refractivity contribution < 1.29 is 0 Å². The first-order valence-electron chi connectivity index (χ1n) is 5.66. The van der Waals surface area contributed by atoms with Gasteiger partial charge in [-0.25, -0.2) is 0 Å². The Morgan fingerprint density at radius 3 is 1.77 bits per heavy atom. The molecule has 0 N–H and O–H groups in total. The summed E-state index contributed by atoms with van der Waals surface area (Å²) in [6, 6.07) is 0. The lowest BCUT2D eigenvalue weighted by molar-refractivity contribution is 0.203. The van der Waals surface area contributed by atoms with Gasteiger partial charge in [-0.05, 0) is 24.7 Å². The zero-order valence-electron chi connectivity index (χ0n) is 10.1. The Balaban J connectivity index is 4.32. The summed E-state index contributed by atoms with van der Waals surface area (Å²) in [5.41, 5.74) is 1.90. The van der Waals surface area contributed by atoms with E-state index in [1.54, 1.807) is 0 Å². The Morgan fingerprint density at radius 1 is 1.15 bits per heavy atom. The first-order chi connectivity index (χ1) is 6.01. The van der Waals surface area contributed by atoms with Crippen molar-refractivity contribution in [3.05, 3.63) is 12.2 Å².